The van der Waals surface area contributed by atoms with E-state index in [4.69, 9.17) is 9.47 Å². The largest absolute Gasteiger partial charge is 0.507 e. The molecule has 3 aromatic rings. The van der Waals surface area contributed by atoms with Gasteiger partial charge in [-0.3, -0.25) is 14.5 Å². The molecule has 2 heterocycles. The lowest BCUT2D eigenvalue weighted by Crippen LogP contribution is -2.29. The van der Waals surface area contributed by atoms with Crippen molar-refractivity contribution in [1.29, 1.82) is 0 Å². The van der Waals surface area contributed by atoms with Gasteiger partial charge in [-0.2, -0.15) is 0 Å². The van der Waals surface area contributed by atoms with Gasteiger partial charge in [0.2, 0.25) is 0 Å². The quantitative estimate of drug-likeness (QED) is 0.102. The van der Waals surface area contributed by atoms with E-state index in [1.165, 1.54) is 24.3 Å². The highest BCUT2D eigenvalue weighted by Gasteiger charge is 2.48. The fraction of sp³-hybridized carbons (Fsp3) is 0.333. The number of thiazole rings is 1. The minimum atomic E-state index is -1.11. The van der Waals surface area contributed by atoms with Crippen molar-refractivity contribution in [1.82, 2.24) is 4.98 Å². The average molecular weight is 567 g/mol. The number of hydrogen-bond donors (Lipinski definition) is 1. The van der Waals surface area contributed by atoms with E-state index in [9.17, 15) is 23.9 Å². The number of rotatable bonds is 10. The Morgan fingerprint density at radius 2 is 1.80 bits per heavy atom. The highest BCUT2D eigenvalue weighted by Crippen LogP contribution is 2.44. The van der Waals surface area contributed by atoms with Crippen LogP contribution >= 0.6 is 11.3 Å². The molecule has 1 amide bonds. The molecule has 4 rings (SSSR count). The average Bonchev–Trinajstić information content (AvgIpc) is 3.44. The summed E-state index contributed by atoms with van der Waals surface area (Å²) in [5.41, 5.74) is 0.861. The lowest BCUT2D eigenvalue weighted by Gasteiger charge is -2.23. The van der Waals surface area contributed by atoms with Gasteiger partial charge in [-0.15, -0.1) is 0 Å². The van der Waals surface area contributed by atoms with Gasteiger partial charge < -0.3 is 14.6 Å². The number of ether oxygens (including phenoxy) is 2. The van der Waals surface area contributed by atoms with Crippen molar-refractivity contribution in [2.45, 2.75) is 46.6 Å². The zero-order valence-corrected chi connectivity index (χ0v) is 23.6. The predicted octanol–water partition coefficient (Wildman–Crippen LogP) is 6.21. The number of benzene rings is 2. The first-order chi connectivity index (χ1) is 19.1. The van der Waals surface area contributed by atoms with E-state index in [1.807, 2.05) is 13.8 Å². The van der Waals surface area contributed by atoms with E-state index in [1.54, 1.807) is 31.2 Å². The van der Waals surface area contributed by atoms with Crippen LogP contribution in [0.4, 0.5) is 9.52 Å². The highest BCUT2D eigenvalue weighted by atomic mass is 32.1. The molecular formula is C30H31FN2O6S. The van der Waals surface area contributed by atoms with Crippen molar-refractivity contribution in [3.05, 3.63) is 81.6 Å². The Morgan fingerprint density at radius 3 is 2.42 bits per heavy atom. The van der Waals surface area contributed by atoms with Crippen molar-refractivity contribution in [3.8, 4) is 5.75 Å². The van der Waals surface area contributed by atoms with E-state index in [2.05, 4.69) is 11.9 Å². The molecule has 0 radical (unpaired) electrons. The molecule has 0 bridgehead atoms. The SMILES string of the molecule is CCCCOc1ccc(/C(O)=C2/C(=O)C(=O)N(c3nc(C)c(C(=O)OCC(C)C)s3)C2c2ccc(F)cc2)cc1. The summed E-state index contributed by atoms with van der Waals surface area (Å²) in [5.74, 6) is -2.58. The number of aryl methyl sites for hydroxylation is 1. The van der Waals surface area contributed by atoms with Gasteiger partial charge in [-0.1, -0.05) is 50.7 Å². The fourth-order valence-electron chi connectivity index (χ4n) is 4.17. The maximum absolute atomic E-state index is 13.8. The van der Waals surface area contributed by atoms with E-state index in [0.29, 0.717) is 29.2 Å². The second-order valence-electron chi connectivity index (χ2n) is 9.85. The summed E-state index contributed by atoms with van der Waals surface area (Å²) in [6.07, 6.45) is 1.89. The Morgan fingerprint density at radius 1 is 1.12 bits per heavy atom. The summed E-state index contributed by atoms with van der Waals surface area (Å²) < 4.78 is 24.8. The number of carbonyl (C=O) groups is 3. The first-order valence-electron chi connectivity index (χ1n) is 13.1. The Bertz CT molecular complexity index is 1430. The maximum atomic E-state index is 13.8. The van der Waals surface area contributed by atoms with Crippen LogP contribution in [0.3, 0.4) is 0 Å². The maximum Gasteiger partial charge on any atom is 0.350 e. The van der Waals surface area contributed by atoms with Gasteiger partial charge in [0.1, 0.15) is 22.2 Å². The smallest absolute Gasteiger partial charge is 0.350 e. The van der Waals surface area contributed by atoms with Gasteiger partial charge in [0.15, 0.2) is 5.13 Å². The van der Waals surface area contributed by atoms with E-state index < -0.39 is 29.5 Å². The molecule has 1 aliphatic heterocycles. The summed E-state index contributed by atoms with van der Waals surface area (Å²) in [5, 5.41) is 11.4. The van der Waals surface area contributed by atoms with Crippen LogP contribution in [0.2, 0.25) is 0 Å². The molecule has 1 N–H and O–H groups in total. The number of halogens is 1. The molecule has 210 valence electrons. The molecular weight excluding hydrogens is 535 g/mol. The molecule has 1 aromatic heterocycles. The lowest BCUT2D eigenvalue weighted by atomic mass is 9.95. The third-order valence-corrected chi connectivity index (χ3v) is 7.39. The third kappa shape index (κ3) is 6.07. The molecule has 1 fully saturated rings. The standard InChI is InChI=1S/C30H31FN2O6S/c1-5-6-15-38-22-13-9-20(10-14-22)25(34)23-24(19-7-11-21(31)12-8-19)33(28(36)26(23)35)30-32-18(4)27(40-30)29(37)39-16-17(2)3/h7-14,17,24,34H,5-6,15-16H2,1-4H3/b25-23-. The highest BCUT2D eigenvalue weighted by molar-refractivity contribution is 7.17. The van der Waals surface area contributed by atoms with Gasteiger partial charge in [-0.05, 0) is 61.2 Å². The summed E-state index contributed by atoms with van der Waals surface area (Å²) in [4.78, 5) is 45.2. The van der Waals surface area contributed by atoms with Crippen molar-refractivity contribution in [2.24, 2.45) is 5.92 Å². The summed E-state index contributed by atoms with van der Waals surface area (Å²) in [6, 6.07) is 10.7. The molecule has 40 heavy (non-hydrogen) atoms. The lowest BCUT2D eigenvalue weighted by molar-refractivity contribution is -0.132. The first-order valence-corrected chi connectivity index (χ1v) is 13.9. The first kappa shape index (κ1) is 28.9. The van der Waals surface area contributed by atoms with Gasteiger partial charge in [-0.25, -0.2) is 14.2 Å². The van der Waals surface area contributed by atoms with E-state index in [0.717, 1.165) is 29.1 Å². The van der Waals surface area contributed by atoms with E-state index >= 15 is 0 Å². The van der Waals surface area contributed by atoms with Crippen LogP contribution in [0.5, 0.6) is 5.75 Å². The number of amides is 1. The topological polar surface area (TPSA) is 106 Å². The van der Waals surface area contributed by atoms with Crippen LogP contribution in [-0.2, 0) is 14.3 Å². The molecule has 1 aliphatic rings. The zero-order valence-electron chi connectivity index (χ0n) is 22.8. The molecule has 8 nitrogen and oxygen atoms in total. The number of aliphatic hydroxyl groups is 1. The molecule has 0 saturated carbocycles. The van der Waals surface area contributed by atoms with Crippen molar-refractivity contribution in [3.63, 3.8) is 0 Å². The van der Waals surface area contributed by atoms with Gasteiger partial charge in [0, 0.05) is 5.56 Å². The Balaban J connectivity index is 1.77. The van der Waals surface area contributed by atoms with Crippen molar-refractivity contribution >= 4 is 39.9 Å². The number of aliphatic hydroxyl groups excluding tert-OH is 1. The molecule has 1 saturated heterocycles. The van der Waals surface area contributed by atoms with Crippen molar-refractivity contribution < 1.29 is 33.4 Å². The Hall–Kier alpha value is -4.05. The summed E-state index contributed by atoms with van der Waals surface area (Å²) >= 11 is 0.917. The number of esters is 1. The number of unbranched alkanes of at least 4 members (excludes halogenated alkanes) is 1. The Labute approximate surface area is 236 Å². The predicted molar refractivity (Wildman–Crippen MR) is 150 cm³/mol. The third-order valence-electron chi connectivity index (χ3n) is 6.25. The van der Waals surface area contributed by atoms with Crippen LogP contribution in [0.1, 0.15) is 66.1 Å². The number of nitrogens with zero attached hydrogens (tertiary/aromatic N) is 2. The monoisotopic (exact) mass is 566 g/mol. The molecule has 1 atom stereocenters. The summed E-state index contributed by atoms with van der Waals surface area (Å²) in [7, 11) is 0. The minimum absolute atomic E-state index is 0.0872. The minimum Gasteiger partial charge on any atom is -0.507 e. The molecule has 2 aromatic carbocycles. The number of aromatic nitrogens is 1. The molecule has 10 heteroatoms. The molecule has 1 unspecified atom stereocenters. The summed E-state index contributed by atoms with van der Waals surface area (Å²) in [6.45, 7) is 8.26. The van der Waals surface area contributed by atoms with Crippen LogP contribution in [0, 0.1) is 18.7 Å². The number of carbonyl (C=O) groups excluding carboxylic acids is 3. The van der Waals surface area contributed by atoms with Crippen LogP contribution < -0.4 is 9.64 Å². The van der Waals surface area contributed by atoms with Crippen LogP contribution in [0.25, 0.3) is 5.76 Å². The second kappa shape index (κ2) is 12.4. The number of hydrogen-bond acceptors (Lipinski definition) is 8. The normalized spacial score (nSPS) is 16.6. The fourth-order valence-corrected chi connectivity index (χ4v) is 5.16. The van der Waals surface area contributed by atoms with E-state index in [-0.39, 0.29) is 33.9 Å². The Kier molecular flexibility index (Phi) is 8.99. The number of Topliss-reactive ketones (excluding diaryl/α,β-unsaturated/α-hetero) is 1. The zero-order chi connectivity index (χ0) is 29.0. The van der Waals surface area contributed by atoms with Gasteiger partial charge >= 0.3 is 11.9 Å². The number of ketones is 1. The molecule has 0 aliphatic carbocycles. The van der Waals surface area contributed by atoms with Gasteiger partial charge in [0.05, 0.1) is 30.5 Å². The van der Waals surface area contributed by atoms with Crippen LogP contribution in [-0.4, -0.2) is 41.0 Å². The van der Waals surface area contributed by atoms with Gasteiger partial charge in [0.25, 0.3) is 5.78 Å². The van der Waals surface area contributed by atoms with Crippen LogP contribution in [0.15, 0.2) is 54.1 Å². The second-order valence-corrected chi connectivity index (χ2v) is 10.8. The molecule has 0 spiro atoms. The van der Waals surface area contributed by atoms with Crippen molar-refractivity contribution in [2.75, 3.05) is 18.1 Å². The number of anilines is 1.